The highest BCUT2D eigenvalue weighted by Crippen LogP contribution is 2.11. The highest BCUT2D eigenvalue weighted by atomic mass is 35.5. The quantitative estimate of drug-likeness (QED) is 0.724. The monoisotopic (exact) mass is 227 g/mol. The molecule has 0 saturated carbocycles. The van der Waals surface area contributed by atoms with Gasteiger partial charge in [0.25, 0.3) is 0 Å². The number of unbranched alkanes of at least 4 members (excludes halogenated alkanes) is 1. The molecule has 0 spiro atoms. The minimum absolute atomic E-state index is 0.653. The van der Waals surface area contributed by atoms with E-state index in [2.05, 4.69) is 5.32 Å². The average molecular weight is 228 g/mol. The molecular weight excluding hydrogens is 210 g/mol. The van der Waals surface area contributed by atoms with Crippen LogP contribution in [0.5, 0.6) is 0 Å². The first-order valence-electron chi connectivity index (χ1n) is 5.29. The Labute approximate surface area is 96.6 Å². The smallest absolute Gasteiger partial charge is 0.0717 e. The fourth-order valence-corrected chi connectivity index (χ4v) is 1.54. The first kappa shape index (κ1) is 12.5. The Morgan fingerprint density at radius 1 is 1.33 bits per heavy atom. The minimum Gasteiger partial charge on any atom is -0.377 e. The lowest BCUT2D eigenvalue weighted by molar-refractivity contribution is 0.117. The summed E-state index contributed by atoms with van der Waals surface area (Å²) in [6.07, 6.45) is 2.26. The lowest BCUT2D eigenvalue weighted by atomic mass is 10.2. The van der Waals surface area contributed by atoms with E-state index in [0.29, 0.717) is 6.61 Å². The number of hydrogen-bond acceptors (Lipinski definition) is 2. The minimum atomic E-state index is 0.653. The Balaban J connectivity index is 2.10. The number of halogens is 1. The molecule has 1 aromatic carbocycles. The fourth-order valence-electron chi connectivity index (χ4n) is 1.32. The summed E-state index contributed by atoms with van der Waals surface area (Å²) in [6, 6.07) is 7.79. The molecule has 0 aliphatic carbocycles. The van der Waals surface area contributed by atoms with Crippen LogP contribution in [0.15, 0.2) is 24.3 Å². The van der Waals surface area contributed by atoms with Crippen molar-refractivity contribution in [1.82, 2.24) is 5.32 Å². The molecule has 0 fully saturated rings. The second-order valence-corrected chi connectivity index (χ2v) is 3.93. The summed E-state index contributed by atoms with van der Waals surface area (Å²) in [5.41, 5.74) is 1.14. The first-order valence-corrected chi connectivity index (χ1v) is 5.67. The maximum absolute atomic E-state index is 5.86. The van der Waals surface area contributed by atoms with E-state index < -0.39 is 0 Å². The Kier molecular flexibility index (Phi) is 6.41. The third-order valence-corrected chi connectivity index (χ3v) is 2.36. The van der Waals surface area contributed by atoms with Gasteiger partial charge in [-0.25, -0.2) is 0 Å². The van der Waals surface area contributed by atoms with Crippen molar-refractivity contribution in [3.63, 3.8) is 0 Å². The van der Waals surface area contributed by atoms with Crippen molar-refractivity contribution in [3.8, 4) is 0 Å². The fraction of sp³-hybridized carbons (Fsp3) is 0.500. The van der Waals surface area contributed by atoms with Gasteiger partial charge >= 0.3 is 0 Å². The van der Waals surface area contributed by atoms with Crippen molar-refractivity contribution in [2.24, 2.45) is 0 Å². The van der Waals surface area contributed by atoms with Crippen molar-refractivity contribution in [2.75, 3.05) is 20.2 Å². The van der Waals surface area contributed by atoms with Crippen LogP contribution >= 0.6 is 11.6 Å². The second-order valence-electron chi connectivity index (χ2n) is 3.49. The van der Waals surface area contributed by atoms with E-state index in [0.717, 1.165) is 36.6 Å². The molecule has 84 valence electrons. The van der Waals surface area contributed by atoms with E-state index in [1.807, 2.05) is 31.3 Å². The zero-order valence-electron chi connectivity index (χ0n) is 9.13. The van der Waals surface area contributed by atoms with Gasteiger partial charge in [0, 0.05) is 11.6 Å². The highest BCUT2D eigenvalue weighted by Gasteiger charge is 1.94. The third-order valence-electron chi connectivity index (χ3n) is 2.12. The molecule has 0 aliphatic heterocycles. The summed E-state index contributed by atoms with van der Waals surface area (Å²) in [6.45, 7) is 2.52. The summed E-state index contributed by atoms with van der Waals surface area (Å²) in [7, 11) is 1.97. The van der Waals surface area contributed by atoms with E-state index in [9.17, 15) is 0 Å². The summed E-state index contributed by atoms with van der Waals surface area (Å²) in [4.78, 5) is 0. The zero-order valence-corrected chi connectivity index (χ0v) is 9.89. The normalized spacial score (nSPS) is 10.5. The maximum atomic E-state index is 5.86. The van der Waals surface area contributed by atoms with Crippen LogP contribution < -0.4 is 5.32 Å². The lowest BCUT2D eigenvalue weighted by Crippen LogP contribution is -2.08. The summed E-state index contributed by atoms with van der Waals surface area (Å²) >= 11 is 5.86. The van der Waals surface area contributed by atoms with Crippen LogP contribution in [0, 0.1) is 0 Å². The SMILES string of the molecule is CNCCCCOCc1cccc(Cl)c1. The predicted molar refractivity (Wildman–Crippen MR) is 64.3 cm³/mol. The van der Waals surface area contributed by atoms with Gasteiger partial charge in [-0.15, -0.1) is 0 Å². The van der Waals surface area contributed by atoms with Gasteiger partial charge in [-0.05, 0) is 44.1 Å². The number of nitrogens with one attached hydrogen (secondary N) is 1. The van der Waals surface area contributed by atoms with Crippen LogP contribution in [-0.4, -0.2) is 20.2 Å². The standard InChI is InChI=1S/C12H18ClNO/c1-14-7-2-3-8-15-10-11-5-4-6-12(13)9-11/h4-6,9,14H,2-3,7-8,10H2,1H3. The molecule has 0 aliphatic rings. The number of ether oxygens (including phenoxy) is 1. The van der Waals surface area contributed by atoms with Crippen molar-refractivity contribution in [3.05, 3.63) is 34.9 Å². The van der Waals surface area contributed by atoms with Crippen LogP contribution in [-0.2, 0) is 11.3 Å². The molecule has 0 heterocycles. The second kappa shape index (κ2) is 7.69. The Bertz CT molecular complexity index is 278. The van der Waals surface area contributed by atoms with E-state index in [1.54, 1.807) is 0 Å². The third kappa shape index (κ3) is 5.78. The number of rotatable bonds is 7. The Morgan fingerprint density at radius 2 is 2.20 bits per heavy atom. The molecule has 0 bridgehead atoms. The van der Waals surface area contributed by atoms with E-state index in [-0.39, 0.29) is 0 Å². The lowest BCUT2D eigenvalue weighted by Gasteiger charge is -2.04. The number of benzene rings is 1. The van der Waals surface area contributed by atoms with Crippen molar-refractivity contribution in [1.29, 1.82) is 0 Å². The van der Waals surface area contributed by atoms with E-state index in [4.69, 9.17) is 16.3 Å². The largest absolute Gasteiger partial charge is 0.377 e. The molecule has 1 N–H and O–H groups in total. The molecule has 0 unspecified atom stereocenters. The van der Waals surface area contributed by atoms with Crippen LogP contribution in [0.3, 0.4) is 0 Å². The molecule has 1 aromatic rings. The van der Waals surface area contributed by atoms with Gasteiger partial charge in [0.1, 0.15) is 0 Å². The molecule has 1 rings (SSSR count). The Hall–Kier alpha value is -0.570. The number of hydrogen-bond donors (Lipinski definition) is 1. The summed E-state index contributed by atoms with van der Waals surface area (Å²) in [5, 5.41) is 3.88. The van der Waals surface area contributed by atoms with Gasteiger partial charge < -0.3 is 10.1 Å². The van der Waals surface area contributed by atoms with Gasteiger partial charge in [0.05, 0.1) is 6.61 Å². The average Bonchev–Trinajstić information content (AvgIpc) is 2.23. The van der Waals surface area contributed by atoms with Crippen molar-refractivity contribution in [2.45, 2.75) is 19.4 Å². The topological polar surface area (TPSA) is 21.3 Å². The van der Waals surface area contributed by atoms with Crippen LogP contribution in [0.2, 0.25) is 5.02 Å². The summed E-state index contributed by atoms with van der Waals surface area (Å²) < 4.78 is 5.53. The molecule has 0 amide bonds. The molecule has 3 heteroatoms. The van der Waals surface area contributed by atoms with Gasteiger partial charge in [-0.2, -0.15) is 0 Å². The van der Waals surface area contributed by atoms with E-state index in [1.165, 1.54) is 0 Å². The van der Waals surface area contributed by atoms with Gasteiger partial charge in [0.2, 0.25) is 0 Å². The molecule has 0 saturated heterocycles. The van der Waals surface area contributed by atoms with Crippen LogP contribution in [0.25, 0.3) is 0 Å². The van der Waals surface area contributed by atoms with Gasteiger partial charge in [0.15, 0.2) is 0 Å². The maximum Gasteiger partial charge on any atom is 0.0717 e. The molecule has 2 nitrogen and oxygen atoms in total. The Morgan fingerprint density at radius 3 is 2.93 bits per heavy atom. The molecule has 0 radical (unpaired) electrons. The van der Waals surface area contributed by atoms with Crippen LogP contribution in [0.4, 0.5) is 0 Å². The highest BCUT2D eigenvalue weighted by molar-refractivity contribution is 6.30. The van der Waals surface area contributed by atoms with Gasteiger partial charge in [-0.1, -0.05) is 23.7 Å². The van der Waals surface area contributed by atoms with Crippen LogP contribution in [0.1, 0.15) is 18.4 Å². The molecule has 0 atom stereocenters. The van der Waals surface area contributed by atoms with E-state index >= 15 is 0 Å². The molecule has 0 aromatic heterocycles. The molecule has 15 heavy (non-hydrogen) atoms. The van der Waals surface area contributed by atoms with Crippen molar-refractivity contribution >= 4 is 11.6 Å². The first-order chi connectivity index (χ1) is 7.33. The van der Waals surface area contributed by atoms with Gasteiger partial charge in [-0.3, -0.25) is 0 Å². The zero-order chi connectivity index (χ0) is 10.9. The summed E-state index contributed by atoms with van der Waals surface area (Å²) in [5.74, 6) is 0. The predicted octanol–water partition coefficient (Wildman–Crippen LogP) is 2.86. The van der Waals surface area contributed by atoms with Crippen molar-refractivity contribution < 1.29 is 4.74 Å². The molecular formula is C12H18ClNO.